The van der Waals surface area contributed by atoms with Crippen LogP contribution in [0.25, 0.3) is 0 Å². The SMILES string of the molecule is CCC(NC(C)C(=O)c1ccc(OC)cc1)C(=O)O. The minimum atomic E-state index is -0.947. The number of aliphatic carboxylic acids is 1. The van der Waals surface area contributed by atoms with Gasteiger partial charge in [-0.25, -0.2) is 0 Å². The molecule has 19 heavy (non-hydrogen) atoms. The van der Waals surface area contributed by atoms with Gasteiger partial charge in [0.05, 0.1) is 13.2 Å². The lowest BCUT2D eigenvalue weighted by Crippen LogP contribution is -2.45. The van der Waals surface area contributed by atoms with E-state index in [1.54, 1.807) is 45.2 Å². The Morgan fingerprint density at radius 3 is 2.32 bits per heavy atom. The first kappa shape index (κ1) is 15.2. The molecule has 5 heteroatoms. The minimum Gasteiger partial charge on any atom is -0.497 e. The van der Waals surface area contributed by atoms with Crippen molar-refractivity contribution >= 4 is 11.8 Å². The van der Waals surface area contributed by atoms with Crippen molar-refractivity contribution < 1.29 is 19.4 Å². The average Bonchev–Trinajstić information content (AvgIpc) is 2.43. The molecule has 5 nitrogen and oxygen atoms in total. The summed E-state index contributed by atoms with van der Waals surface area (Å²) in [4.78, 5) is 23.0. The number of ether oxygens (including phenoxy) is 1. The van der Waals surface area contributed by atoms with Gasteiger partial charge in [-0.15, -0.1) is 0 Å². The normalized spacial score (nSPS) is 13.6. The Bertz CT molecular complexity index is 441. The van der Waals surface area contributed by atoms with Crippen molar-refractivity contribution in [2.24, 2.45) is 0 Å². The molecule has 0 spiro atoms. The number of rotatable bonds is 7. The van der Waals surface area contributed by atoms with Gasteiger partial charge in [0.1, 0.15) is 11.8 Å². The highest BCUT2D eigenvalue weighted by atomic mass is 16.5. The summed E-state index contributed by atoms with van der Waals surface area (Å²) in [5, 5.41) is 11.8. The van der Waals surface area contributed by atoms with Crippen LogP contribution >= 0.6 is 0 Å². The number of carboxylic acid groups (broad SMARTS) is 1. The number of nitrogens with one attached hydrogen (secondary N) is 1. The second-order valence-electron chi connectivity index (χ2n) is 4.28. The maximum Gasteiger partial charge on any atom is 0.320 e. The molecule has 0 amide bonds. The topological polar surface area (TPSA) is 75.6 Å². The van der Waals surface area contributed by atoms with Crippen LogP contribution in [0.5, 0.6) is 5.75 Å². The fourth-order valence-electron chi connectivity index (χ4n) is 1.75. The van der Waals surface area contributed by atoms with E-state index in [1.807, 2.05) is 0 Å². The maximum absolute atomic E-state index is 12.1. The Balaban J connectivity index is 2.72. The molecule has 0 saturated carbocycles. The monoisotopic (exact) mass is 265 g/mol. The van der Waals surface area contributed by atoms with Crippen molar-refractivity contribution in [3.63, 3.8) is 0 Å². The van der Waals surface area contributed by atoms with Gasteiger partial charge >= 0.3 is 5.97 Å². The Labute approximate surface area is 112 Å². The van der Waals surface area contributed by atoms with E-state index in [9.17, 15) is 9.59 Å². The molecule has 0 fully saturated rings. The number of carboxylic acids is 1. The zero-order chi connectivity index (χ0) is 14.4. The van der Waals surface area contributed by atoms with Crippen LogP contribution in [0.3, 0.4) is 0 Å². The summed E-state index contributed by atoms with van der Waals surface area (Å²) in [6, 6.07) is 5.48. The van der Waals surface area contributed by atoms with E-state index in [1.165, 1.54) is 0 Å². The predicted molar refractivity (Wildman–Crippen MR) is 71.6 cm³/mol. The van der Waals surface area contributed by atoms with Crippen LogP contribution in [0, 0.1) is 0 Å². The highest BCUT2D eigenvalue weighted by Crippen LogP contribution is 2.13. The van der Waals surface area contributed by atoms with Gasteiger partial charge in [0.2, 0.25) is 0 Å². The summed E-state index contributed by atoms with van der Waals surface area (Å²) in [7, 11) is 1.56. The number of hydrogen-bond acceptors (Lipinski definition) is 4. The van der Waals surface area contributed by atoms with E-state index in [0.29, 0.717) is 17.7 Å². The molecule has 0 saturated heterocycles. The first-order chi connectivity index (χ1) is 8.99. The number of benzene rings is 1. The molecule has 0 heterocycles. The fraction of sp³-hybridized carbons (Fsp3) is 0.429. The van der Waals surface area contributed by atoms with Gasteiger partial charge in [0.25, 0.3) is 0 Å². The summed E-state index contributed by atoms with van der Waals surface area (Å²) < 4.78 is 5.02. The zero-order valence-electron chi connectivity index (χ0n) is 11.3. The number of carbonyl (C=O) groups excluding carboxylic acids is 1. The Kier molecular flexibility index (Phi) is 5.51. The lowest BCUT2D eigenvalue weighted by atomic mass is 10.0. The van der Waals surface area contributed by atoms with Crippen LogP contribution in [0.4, 0.5) is 0 Å². The summed E-state index contributed by atoms with van der Waals surface area (Å²) in [6.07, 6.45) is 0.426. The van der Waals surface area contributed by atoms with Gasteiger partial charge < -0.3 is 9.84 Å². The van der Waals surface area contributed by atoms with E-state index >= 15 is 0 Å². The number of methoxy groups -OCH3 is 1. The van der Waals surface area contributed by atoms with Crippen molar-refractivity contribution in [1.82, 2.24) is 5.32 Å². The summed E-state index contributed by atoms with van der Waals surface area (Å²) in [5.41, 5.74) is 0.529. The fourth-order valence-corrected chi connectivity index (χ4v) is 1.75. The molecule has 0 bridgehead atoms. The smallest absolute Gasteiger partial charge is 0.320 e. The van der Waals surface area contributed by atoms with Gasteiger partial charge in [-0.05, 0) is 37.6 Å². The van der Waals surface area contributed by atoms with Crippen molar-refractivity contribution in [3.8, 4) is 5.75 Å². The molecule has 0 aliphatic rings. The summed E-state index contributed by atoms with van der Waals surface area (Å²) in [6.45, 7) is 3.43. The van der Waals surface area contributed by atoms with E-state index in [0.717, 1.165) is 0 Å². The third kappa shape index (κ3) is 4.06. The standard InChI is InChI=1S/C14H19NO4/c1-4-12(14(17)18)15-9(2)13(16)10-5-7-11(19-3)8-6-10/h5-9,12,15H,4H2,1-3H3,(H,17,18). The van der Waals surface area contributed by atoms with Gasteiger partial charge in [0, 0.05) is 5.56 Å². The van der Waals surface area contributed by atoms with E-state index < -0.39 is 18.1 Å². The number of ketones is 1. The molecule has 2 unspecified atom stereocenters. The largest absolute Gasteiger partial charge is 0.497 e. The van der Waals surface area contributed by atoms with Gasteiger partial charge in [-0.1, -0.05) is 6.92 Å². The Hall–Kier alpha value is -1.88. The molecule has 0 aliphatic heterocycles. The lowest BCUT2D eigenvalue weighted by Gasteiger charge is -2.18. The van der Waals surface area contributed by atoms with Crippen LogP contribution in [0.15, 0.2) is 24.3 Å². The predicted octanol–water partition coefficient (Wildman–Crippen LogP) is 1.72. The third-order valence-corrected chi connectivity index (χ3v) is 2.93. The van der Waals surface area contributed by atoms with E-state index in [-0.39, 0.29) is 5.78 Å². The highest BCUT2D eigenvalue weighted by Gasteiger charge is 2.22. The molecule has 104 valence electrons. The van der Waals surface area contributed by atoms with Gasteiger partial charge in [-0.3, -0.25) is 14.9 Å². The molecule has 1 aromatic rings. The van der Waals surface area contributed by atoms with E-state index in [4.69, 9.17) is 9.84 Å². The Morgan fingerprint density at radius 2 is 1.89 bits per heavy atom. The molecule has 2 N–H and O–H groups in total. The molecule has 0 aliphatic carbocycles. The molecule has 2 atom stereocenters. The second-order valence-corrected chi connectivity index (χ2v) is 4.28. The zero-order valence-corrected chi connectivity index (χ0v) is 11.3. The van der Waals surface area contributed by atoms with E-state index in [2.05, 4.69) is 5.32 Å². The first-order valence-corrected chi connectivity index (χ1v) is 6.16. The second kappa shape index (κ2) is 6.89. The molecule has 0 aromatic heterocycles. The molecule has 1 aromatic carbocycles. The van der Waals surface area contributed by atoms with Crippen molar-refractivity contribution in [1.29, 1.82) is 0 Å². The highest BCUT2D eigenvalue weighted by molar-refractivity contribution is 6.00. The third-order valence-electron chi connectivity index (χ3n) is 2.93. The van der Waals surface area contributed by atoms with Crippen molar-refractivity contribution in [2.45, 2.75) is 32.4 Å². The molecule has 1 rings (SSSR count). The average molecular weight is 265 g/mol. The number of Topliss-reactive ketones (excluding diaryl/α,β-unsaturated/α-hetero) is 1. The quantitative estimate of drug-likeness (QED) is 0.734. The maximum atomic E-state index is 12.1. The van der Waals surface area contributed by atoms with Crippen LogP contribution < -0.4 is 10.1 Å². The van der Waals surface area contributed by atoms with Gasteiger partial charge in [-0.2, -0.15) is 0 Å². The molecule has 0 radical (unpaired) electrons. The number of carbonyl (C=O) groups is 2. The van der Waals surface area contributed by atoms with Gasteiger partial charge in [0.15, 0.2) is 5.78 Å². The minimum absolute atomic E-state index is 0.137. The van der Waals surface area contributed by atoms with Crippen LogP contribution in [-0.2, 0) is 4.79 Å². The van der Waals surface area contributed by atoms with Crippen molar-refractivity contribution in [2.75, 3.05) is 7.11 Å². The molecular weight excluding hydrogens is 246 g/mol. The summed E-state index contributed by atoms with van der Waals surface area (Å²) >= 11 is 0. The number of hydrogen-bond donors (Lipinski definition) is 2. The summed E-state index contributed by atoms with van der Waals surface area (Å²) in [5.74, 6) is -0.409. The van der Waals surface area contributed by atoms with Crippen LogP contribution in [0.2, 0.25) is 0 Å². The van der Waals surface area contributed by atoms with Crippen LogP contribution in [0.1, 0.15) is 30.6 Å². The lowest BCUT2D eigenvalue weighted by molar-refractivity contribution is -0.139. The van der Waals surface area contributed by atoms with Crippen LogP contribution in [-0.4, -0.2) is 36.1 Å². The molecular formula is C14H19NO4. The Morgan fingerprint density at radius 1 is 1.32 bits per heavy atom. The first-order valence-electron chi connectivity index (χ1n) is 6.16. The van der Waals surface area contributed by atoms with Crippen molar-refractivity contribution in [3.05, 3.63) is 29.8 Å².